The molecule has 0 spiro atoms. The van der Waals surface area contributed by atoms with Gasteiger partial charge in [0.2, 0.25) is 6.04 Å². The molecule has 2 aromatic rings. The topological polar surface area (TPSA) is 220 Å². The van der Waals surface area contributed by atoms with Crippen molar-refractivity contribution in [3.63, 3.8) is 0 Å². The molecule has 13 nitrogen and oxygen atoms in total. The number of aliphatic carboxylic acids is 1. The number of anilines is 2. The van der Waals surface area contributed by atoms with Crippen molar-refractivity contribution in [2.75, 3.05) is 29.5 Å². The molecule has 2 aliphatic heterocycles. The normalized spacial score (nSPS) is 19.8. The number of aromatic nitrogens is 2. The van der Waals surface area contributed by atoms with Crippen molar-refractivity contribution in [1.29, 1.82) is 0 Å². The van der Waals surface area contributed by atoms with Gasteiger partial charge in [0, 0.05) is 28.7 Å². The molecular weight excluding hydrogens is 604 g/mol. The zero-order chi connectivity index (χ0) is 26.9. The number of thiazole rings is 2. The molecule has 2 amide bonds. The third kappa shape index (κ3) is 5.69. The van der Waals surface area contributed by atoms with Crippen molar-refractivity contribution in [2.24, 2.45) is 10.9 Å². The van der Waals surface area contributed by atoms with Gasteiger partial charge < -0.3 is 27.6 Å². The number of amides is 2. The van der Waals surface area contributed by atoms with E-state index in [2.05, 4.69) is 20.5 Å². The van der Waals surface area contributed by atoms with Gasteiger partial charge in [0.1, 0.15) is 27.1 Å². The van der Waals surface area contributed by atoms with Crippen LogP contribution in [0.3, 0.4) is 0 Å². The largest absolute Gasteiger partial charge is 0.477 e. The first-order valence-electron chi connectivity index (χ1n) is 10.3. The van der Waals surface area contributed by atoms with E-state index in [1.807, 2.05) is 0 Å². The quantitative estimate of drug-likeness (QED) is 0.137. The molecule has 2 aliphatic rings. The summed E-state index contributed by atoms with van der Waals surface area (Å²) in [5, 5.41) is 14.9. The van der Waals surface area contributed by atoms with Gasteiger partial charge >= 0.3 is 5.97 Å². The number of carbonyl (C=O) groups is 3. The number of nitrogen functional groups attached to an aromatic ring is 2. The van der Waals surface area contributed by atoms with Crippen molar-refractivity contribution < 1.29 is 19.5 Å². The predicted molar refractivity (Wildman–Crippen MR) is 147 cm³/mol. The lowest BCUT2D eigenvalue weighted by molar-refractivity contribution is -0.150. The number of nitrogens with two attached hydrogens (primary N) is 3. The molecule has 198 valence electrons. The van der Waals surface area contributed by atoms with E-state index in [0.717, 1.165) is 31.9 Å². The summed E-state index contributed by atoms with van der Waals surface area (Å²) in [5.41, 5.74) is 17.5. The van der Waals surface area contributed by atoms with E-state index < -0.39 is 35.2 Å². The van der Waals surface area contributed by atoms with E-state index in [1.165, 1.54) is 34.9 Å². The summed E-state index contributed by atoms with van der Waals surface area (Å²) in [7, 11) is 0. The van der Waals surface area contributed by atoms with Crippen LogP contribution in [0.1, 0.15) is 17.4 Å². The van der Waals surface area contributed by atoms with Crippen molar-refractivity contribution in [3.8, 4) is 0 Å². The van der Waals surface area contributed by atoms with Gasteiger partial charge in [-0.15, -0.1) is 16.7 Å². The second-order valence-corrected chi connectivity index (χ2v) is 13.7. The molecule has 0 aliphatic carbocycles. The number of halogens is 1. The Kier molecular flexibility index (Phi) is 8.87. The van der Waals surface area contributed by atoms with Crippen LogP contribution in [0.25, 0.3) is 0 Å². The van der Waals surface area contributed by atoms with Crippen LogP contribution in [0.2, 0.25) is 4.34 Å². The number of fused-ring (bicyclic) bond motifs is 1. The lowest BCUT2D eigenvalue weighted by Gasteiger charge is -2.49. The molecule has 0 saturated carbocycles. The molecule has 8 N–H and O–H groups in total. The molecule has 0 aromatic carbocycles. The van der Waals surface area contributed by atoms with E-state index in [1.54, 1.807) is 11.8 Å². The molecule has 4 heterocycles. The first kappa shape index (κ1) is 27.9. The van der Waals surface area contributed by atoms with Gasteiger partial charge in [0.05, 0.1) is 9.90 Å². The summed E-state index contributed by atoms with van der Waals surface area (Å²) < 4.78 is 0.778. The predicted octanol–water partition coefficient (Wildman–Crippen LogP) is 1.91. The molecule has 1 fully saturated rings. The Bertz CT molecular complexity index is 1290. The Morgan fingerprint density at radius 2 is 2.03 bits per heavy atom. The van der Waals surface area contributed by atoms with Gasteiger partial charge in [0.15, 0.2) is 10.3 Å². The van der Waals surface area contributed by atoms with Crippen molar-refractivity contribution >= 4 is 97.6 Å². The van der Waals surface area contributed by atoms with Crippen LogP contribution < -0.4 is 22.5 Å². The molecule has 0 radical (unpaired) electrons. The molecule has 3 atom stereocenters. The SMILES string of the molecule is NCCSCc1nc(N)sc1SC1=C(C(=O)O)N2C(=O)[C@@H](NC(=O)C(N=O)c3nc(N)sc3Cl)[C@@H]2SC1. The number of hydrogen-bond acceptors (Lipinski definition) is 15. The number of carboxylic acids is 1. The number of β-lactam (4-membered cyclic amide) rings is 1. The number of carbonyl (C=O) groups excluding carboxylic acids is 2. The second kappa shape index (κ2) is 11.7. The fourth-order valence-electron chi connectivity index (χ4n) is 3.51. The number of rotatable bonds is 11. The summed E-state index contributed by atoms with van der Waals surface area (Å²) in [6.07, 6.45) is 0. The highest BCUT2D eigenvalue weighted by atomic mass is 35.5. The maximum Gasteiger partial charge on any atom is 0.353 e. The number of nitrogens with one attached hydrogen (secondary N) is 1. The first-order chi connectivity index (χ1) is 17.7. The molecule has 19 heteroatoms. The summed E-state index contributed by atoms with van der Waals surface area (Å²) in [5.74, 6) is -1.22. The molecular formula is C18H19ClN8O5S5. The minimum Gasteiger partial charge on any atom is -0.477 e. The maximum absolute atomic E-state index is 13.0. The Labute approximate surface area is 235 Å². The molecule has 37 heavy (non-hydrogen) atoms. The molecule has 1 unspecified atom stereocenters. The lowest BCUT2D eigenvalue weighted by atomic mass is 10.0. The molecule has 4 rings (SSSR count). The van der Waals surface area contributed by atoms with Crippen LogP contribution >= 0.6 is 69.6 Å². The summed E-state index contributed by atoms with van der Waals surface area (Å²) in [6, 6.07) is -2.66. The van der Waals surface area contributed by atoms with E-state index in [9.17, 15) is 24.4 Å². The molecule has 1 saturated heterocycles. The van der Waals surface area contributed by atoms with Crippen molar-refractivity contribution in [1.82, 2.24) is 20.2 Å². The van der Waals surface area contributed by atoms with Gasteiger partial charge in [-0.25, -0.2) is 14.8 Å². The Morgan fingerprint density at radius 1 is 1.30 bits per heavy atom. The number of nitroso groups, excluding NO2 is 1. The second-order valence-electron chi connectivity index (χ2n) is 7.42. The highest BCUT2D eigenvalue weighted by molar-refractivity contribution is 8.07. The van der Waals surface area contributed by atoms with Crippen LogP contribution in [0.5, 0.6) is 0 Å². The van der Waals surface area contributed by atoms with Crippen LogP contribution in [0.15, 0.2) is 20.0 Å². The summed E-state index contributed by atoms with van der Waals surface area (Å²) in [6.45, 7) is 0.516. The average molecular weight is 623 g/mol. The zero-order valence-electron chi connectivity index (χ0n) is 18.6. The third-order valence-corrected chi connectivity index (χ3v) is 10.9. The minimum absolute atomic E-state index is 0.0353. The fraction of sp³-hybridized carbons (Fsp3) is 0.389. The average Bonchev–Trinajstić information content (AvgIpc) is 3.37. The number of nitrogens with zero attached hydrogens (tertiary/aromatic N) is 4. The van der Waals surface area contributed by atoms with Gasteiger partial charge in [0.25, 0.3) is 11.8 Å². The monoisotopic (exact) mass is 622 g/mol. The zero-order valence-corrected chi connectivity index (χ0v) is 23.4. The van der Waals surface area contributed by atoms with Crippen LogP contribution in [0, 0.1) is 4.91 Å². The number of thioether (sulfide) groups is 3. The Morgan fingerprint density at radius 3 is 2.65 bits per heavy atom. The maximum atomic E-state index is 13.0. The third-order valence-electron chi connectivity index (χ3n) is 5.07. The van der Waals surface area contributed by atoms with E-state index in [4.69, 9.17) is 28.8 Å². The molecule has 0 bridgehead atoms. The van der Waals surface area contributed by atoms with Gasteiger partial charge in [-0.1, -0.05) is 46.0 Å². The van der Waals surface area contributed by atoms with Crippen LogP contribution in [0.4, 0.5) is 10.3 Å². The van der Waals surface area contributed by atoms with Gasteiger partial charge in [-0.2, -0.15) is 11.8 Å². The Hall–Kier alpha value is -2.09. The van der Waals surface area contributed by atoms with Gasteiger partial charge in [-0.05, 0) is 5.18 Å². The van der Waals surface area contributed by atoms with Crippen molar-refractivity contribution in [2.45, 2.75) is 27.4 Å². The van der Waals surface area contributed by atoms with Gasteiger partial charge in [-0.3, -0.25) is 14.5 Å². The smallest absolute Gasteiger partial charge is 0.353 e. The fourth-order valence-corrected chi connectivity index (χ4v) is 9.06. The standard InChI is InChI=1S/C18H19ClN8O5S5/c19-11-7(25-18(22)36-11)8(26-32)12(28)24-9-13(29)27-10(15(30)31)6(4-34-14(9)27)35-16-5(3-33-2-1-20)23-17(21)37-16/h8-9,14H,1-4,20H2,(H2,21,23)(H2,22,25)(H,24,28)(H,30,31)/t8?,9-,14+/m1/s1. The highest BCUT2D eigenvalue weighted by Crippen LogP contribution is 2.47. The lowest BCUT2D eigenvalue weighted by Crippen LogP contribution is -2.70. The van der Waals surface area contributed by atoms with Crippen LogP contribution in [-0.2, 0) is 20.1 Å². The van der Waals surface area contributed by atoms with E-state index in [-0.39, 0.29) is 26.6 Å². The summed E-state index contributed by atoms with van der Waals surface area (Å²) >= 11 is 12.2. The number of hydrogen-bond donors (Lipinski definition) is 5. The Balaban J connectivity index is 1.51. The molecule has 2 aromatic heterocycles. The highest BCUT2D eigenvalue weighted by Gasteiger charge is 2.55. The first-order valence-corrected chi connectivity index (χ1v) is 15.4. The van der Waals surface area contributed by atoms with E-state index >= 15 is 0 Å². The number of carboxylic acid groups (broad SMARTS) is 1. The minimum atomic E-state index is -1.61. The van der Waals surface area contributed by atoms with Crippen LogP contribution in [-0.4, -0.2) is 67.2 Å². The summed E-state index contributed by atoms with van der Waals surface area (Å²) in [4.78, 5) is 59.1. The van der Waals surface area contributed by atoms with Crippen molar-refractivity contribution in [3.05, 3.63) is 31.2 Å². The van der Waals surface area contributed by atoms with E-state index in [0.29, 0.717) is 22.3 Å².